The Morgan fingerprint density at radius 3 is 2.38 bits per heavy atom. The second-order valence-corrected chi connectivity index (χ2v) is 5.03. The van der Waals surface area contributed by atoms with Crippen molar-refractivity contribution in [2.45, 2.75) is 0 Å². The van der Waals surface area contributed by atoms with Crippen molar-refractivity contribution in [3.8, 4) is 16.9 Å². The van der Waals surface area contributed by atoms with Gasteiger partial charge in [-0.05, 0) is 36.4 Å². The minimum Gasteiger partial charge on any atom is -0.384 e. The van der Waals surface area contributed by atoms with Crippen molar-refractivity contribution in [3.63, 3.8) is 0 Å². The van der Waals surface area contributed by atoms with Gasteiger partial charge in [0.15, 0.2) is 0 Å². The summed E-state index contributed by atoms with van der Waals surface area (Å²) in [5.41, 5.74) is 9.83. The summed E-state index contributed by atoms with van der Waals surface area (Å²) in [6.45, 7) is 0. The SMILES string of the molecule is CN(C)c1ccc(-n2cncc2-c2ccc(N)nc2)cc1. The third-order valence-electron chi connectivity index (χ3n) is 3.36. The van der Waals surface area contributed by atoms with E-state index in [1.54, 1.807) is 18.6 Å². The highest BCUT2D eigenvalue weighted by molar-refractivity contribution is 5.62. The Morgan fingerprint density at radius 2 is 1.76 bits per heavy atom. The van der Waals surface area contributed by atoms with Crippen LogP contribution in [0.2, 0.25) is 0 Å². The van der Waals surface area contributed by atoms with Crippen LogP contribution in [0.5, 0.6) is 0 Å². The predicted molar refractivity (Wildman–Crippen MR) is 85.5 cm³/mol. The van der Waals surface area contributed by atoms with E-state index in [-0.39, 0.29) is 0 Å². The summed E-state index contributed by atoms with van der Waals surface area (Å²) in [5.74, 6) is 0.514. The van der Waals surface area contributed by atoms with Crippen LogP contribution in [0.25, 0.3) is 16.9 Å². The summed E-state index contributed by atoms with van der Waals surface area (Å²) in [7, 11) is 4.05. The molecule has 5 heteroatoms. The van der Waals surface area contributed by atoms with Gasteiger partial charge in [-0.15, -0.1) is 0 Å². The van der Waals surface area contributed by atoms with Crippen molar-refractivity contribution < 1.29 is 0 Å². The van der Waals surface area contributed by atoms with E-state index in [0.29, 0.717) is 5.82 Å². The van der Waals surface area contributed by atoms with Gasteiger partial charge in [0.2, 0.25) is 0 Å². The summed E-state index contributed by atoms with van der Waals surface area (Å²) in [5, 5.41) is 0. The van der Waals surface area contributed by atoms with Gasteiger partial charge in [-0.1, -0.05) is 0 Å². The molecule has 0 radical (unpaired) electrons. The number of nitrogens with zero attached hydrogens (tertiary/aromatic N) is 4. The highest BCUT2D eigenvalue weighted by atomic mass is 15.1. The zero-order valence-corrected chi connectivity index (χ0v) is 12.1. The molecule has 0 atom stereocenters. The number of imidazole rings is 1. The minimum absolute atomic E-state index is 0.514. The maximum atomic E-state index is 5.64. The van der Waals surface area contributed by atoms with Crippen molar-refractivity contribution >= 4 is 11.5 Å². The van der Waals surface area contributed by atoms with Crippen LogP contribution in [-0.4, -0.2) is 28.6 Å². The summed E-state index contributed by atoms with van der Waals surface area (Å²) in [6.07, 6.45) is 5.39. The first-order valence-electron chi connectivity index (χ1n) is 6.67. The molecule has 106 valence electrons. The fourth-order valence-electron chi connectivity index (χ4n) is 2.18. The average Bonchev–Trinajstić information content (AvgIpc) is 2.97. The molecule has 0 amide bonds. The average molecular weight is 279 g/mol. The normalized spacial score (nSPS) is 10.6. The highest BCUT2D eigenvalue weighted by Gasteiger charge is 2.07. The molecule has 0 unspecified atom stereocenters. The lowest BCUT2D eigenvalue weighted by atomic mass is 10.2. The Hall–Kier alpha value is -2.82. The molecule has 0 fully saturated rings. The van der Waals surface area contributed by atoms with E-state index in [0.717, 1.165) is 22.6 Å². The molecule has 0 spiro atoms. The first-order valence-corrected chi connectivity index (χ1v) is 6.67. The Morgan fingerprint density at radius 1 is 1.00 bits per heavy atom. The standard InChI is InChI=1S/C16H17N5/c1-20(2)13-4-6-14(7-5-13)21-11-18-10-15(21)12-3-8-16(17)19-9-12/h3-11H,1-2H3,(H2,17,19). The summed E-state index contributed by atoms with van der Waals surface area (Å²) in [6, 6.07) is 12.1. The molecular weight excluding hydrogens is 262 g/mol. The van der Waals surface area contributed by atoms with Crippen LogP contribution < -0.4 is 10.6 Å². The molecule has 0 saturated heterocycles. The number of benzene rings is 1. The molecule has 0 saturated carbocycles. The van der Waals surface area contributed by atoms with Crippen LogP contribution in [0.1, 0.15) is 0 Å². The van der Waals surface area contributed by atoms with Gasteiger partial charge >= 0.3 is 0 Å². The molecular formula is C16H17N5. The van der Waals surface area contributed by atoms with E-state index < -0.39 is 0 Å². The molecule has 0 bridgehead atoms. The first-order chi connectivity index (χ1) is 10.1. The van der Waals surface area contributed by atoms with Crippen molar-refractivity contribution in [3.05, 3.63) is 55.1 Å². The topological polar surface area (TPSA) is 60.0 Å². The van der Waals surface area contributed by atoms with Gasteiger partial charge in [0.1, 0.15) is 5.82 Å². The van der Waals surface area contributed by atoms with E-state index >= 15 is 0 Å². The molecule has 2 heterocycles. The number of hydrogen-bond acceptors (Lipinski definition) is 4. The van der Waals surface area contributed by atoms with Crippen LogP contribution in [0.3, 0.4) is 0 Å². The van der Waals surface area contributed by atoms with E-state index in [2.05, 4.69) is 39.1 Å². The second-order valence-electron chi connectivity index (χ2n) is 5.03. The Balaban J connectivity index is 2.00. The van der Waals surface area contributed by atoms with E-state index in [9.17, 15) is 0 Å². The largest absolute Gasteiger partial charge is 0.384 e. The van der Waals surface area contributed by atoms with Crippen molar-refractivity contribution in [1.82, 2.24) is 14.5 Å². The maximum Gasteiger partial charge on any atom is 0.123 e. The number of pyridine rings is 1. The quantitative estimate of drug-likeness (QED) is 0.800. The fourth-order valence-corrected chi connectivity index (χ4v) is 2.18. The van der Waals surface area contributed by atoms with Gasteiger partial charge in [0.05, 0.1) is 18.2 Å². The van der Waals surface area contributed by atoms with Crippen LogP contribution in [0.15, 0.2) is 55.1 Å². The molecule has 2 aromatic heterocycles. The molecule has 0 aliphatic rings. The molecule has 21 heavy (non-hydrogen) atoms. The Labute approximate surface area is 123 Å². The van der Waals surface area contributed by atoms with E-state index in [1.165, 1.54) is 0 Å². The maximum absolute atomic E-state index is 5.64. The van der Waals surface area contributed by atoms with Gasteiger partial charge in [-0.2, -0.15) is 0 Å². The van der Waals surface area contributed by atoms with Crippen LogP contribution in [0.4, 0.5) is 11.5 Å². The summed E-state index contributed by atoms with van der Waals surface area (Å²) < 4.78 is 2.03. The van der Waals surface area contributed by atoms with Crippen LogP contribution in [0, 0.1) is 0 Å². The lowest BCUT2D eigenvalue weighted by Gasteiger charge is -2.14. The van der Waals surface area contributed by atoms with Gasteiger partial charge < -0.3 is 10.6 Å². The Kier molecular flexibility index (Phi) is 3.31. The van der Waals surface area contributed by atoms with Crippen molar-refractivity contribution in [1.29, 1.82) is 0 Å². The number of rotatable bonds is 3. The van der Waals surface area contributed by atoms with Gasteiger partial charge in [0.25, 0.3) is 0 Å². The van der Waals surface area contributed by atoms with Crippen molar-refractivity contribution in [2.24, 2.45) is 0 Å². The van der Waals surface area contributed by atoms with Gasteiger partial charge in [-0.25, -0.2) is 9.97 Å². The monoisotopic (exact) mass is 279 g/mol. The molecule has 3 aromatic rings. The molecule has 2 N–H and O–H groups in total. The lowest BCUT2D eigenvalue weighted by molar-refractivity contribution is 1.05. The third-order valence-corrected chi connectivity index (χ3v) is 3.36. The highest BCUT2D eigenvalue weighted by Crippen LogP contribution is 2.23. The molecule has 3 rings (SSSR count). The zero-order valence-electron chi connectivity index (χ0n) is 12.1. The van der Waals surface area contributed by atoms with E-state index in [4.69, 9.17) is 5.73 Å². The third kappa shape index (κ3) is 2.58. The minimum atomic E-state index is 0.514. The van der Waals surface area contributed by atoms with Crippen molar-refractivity contribution in [2.75, 3.05) is 24.7 Å². The summed E-state index contributed by atoms with van der Waals surface area (Å²) in [4.78, 5) is 10.5. The van der Waals surface area contributed by atoms with Crippen LogP contribution in [-0.2, 0) is 0 Å². The second kappa shape index (κ2) is 5.28. The smallest absolute Gasteiger partial charge is 0.123 e. The molecule has 0 aliphatic carbocycles. The van der Waals surface area contributed by atoms with Crippen LogP contribution >= 0.6 is 0 Å². The number of nitrogen functional groups attached to an aromatic ring is 1. The first kappa shape index (κ1) is 13.2. The summed E-state index contributed by atoms with van der Waals surface area (Å²) >= 11 is 0. The molecule has 1 aromatic carbocycles. The number of nitrogens with two attached hydrogens (primary N) is 1. The zero-order chi connectivity index (χ0) is 14.8. The number of anilines is 2. The lowest BCUT2D eigenvalue weighted by Crippen LogP contribution is -2.08. The van der Waals surface area contributed by atoms with E-state index in [1.807, 2.05) is 30.9 Å². The predicted octanol–water partition coefficient (Wildman–Crippen LogP) is 2.58. The number of hydrogen-bond donors (Lipinski definition) is 1. The van der Waals surface area contributed by atoms with Gasteiger partial charge in [0, 0.05) is 37.2 Å². The molecule has 0 aliphatic heterocycles. The number of aromatic nitrogens is 3. The van der Waals surface area contributed by atoms with Gasteiger partial charge in [-0.3, -0.25) is 4.57 Å². The molecule has 5 nitrogen and oxygen atoms in total. The fraction of sp³-hybridized carbons (Fsp3) is 0.125. The Bertz CT molecular complexity index is 726.